The van der Waals surface area contributed by atoms with Crippen molar-refractivity contribution in [3.8, 4) is 0 Å². The maximum absolute atomic E-state index is 12.8. The minimum Gasteiger partial charge on any atom is -0.462 e. The van der Waals surface area contributed by atoms with Gasteiger partial charge in [0.1, 0.15) is 0 Å². The van der Waals surface area contributed by atoms with E-state index in [9.17, 15) is 9.59 Å². The van der Waals surface area contributed by atoms with Crippen LogP contribution in [0.15, 0.2) is 11.1 Å². The molecule has 1 aliphatic rings. The molecule has 0 N–H and O–H groups in total. The van der Waals surface area contributed by atoms with Crippen molar-refractivity contribution < 1.29 is 19.1 Å². The molecule has 0 saturated heterocycles. The molecule has 1 rings (SSSR count). The molecule has 0 atom stereocenters. The van der Waals surface area contributed by atoms with Gasteiger partial charge < -0.3 is 9.47 Å². The Morgan fingerprint density at radius 2 is 1.07 bits per heavy atom. The summed E-state index contributed by atoms with van der Waals surface area (Å²) < 4.78 is 11.3. The highest BCUT2D eigenvalue weighted by Crippen LogP contribution is 2.30. The molecule has 0 spiro atoms. The van der Waals surface area contributed by atoms with Crippen LogP contribution in [0.5, 0.6) is 0 Å². The number of esters is 2. The maximum atomic E-state index is 12.8. The third-order valence-corrected chi connectivity index (χ3v) is 6.06. The fourth-order valence-corrected chi connectivity index (χ4v) is 3.90. The first-order valence-corrected chi connectivity index (χ1v) is 12.2. The van der Waals surface area contributed by atoms with Gasteiger partial charge in [-0.05, 0) is 49.4 Å². The summed E-state index contributed by atoms with van der Waals surface area (Å²) in [5, 5.41) is 0. The van der Waals surface area contributed by atoms with Gasteiger partial charge in [-0.25, -0.2) is 9.59 Å². The summed E-state index contributed by atoms with van der Waals surface area (Å²) in [5.41, 5.74) is 1.01. The van der Waals surface area contributed by atoms with E-state index < -0.39 is 0 Å². The van der Waals surface area contributed by atoms with Crippen molar-refractivity contribution >= 4 is 11.9 Å². The number of unbranched alkanes of at least 4 members (excludes halogenated alkanes) is 4. The lowest BCUT2D eigenvalue weighted by molar-refractivity contribution is -0.146. The van der Waals surface area contributed by atoms with Gasteiger partial charge in [0.25, 0.3) is 0 Å². The molecule has 0 bridgehead atoms. The van der Waals surface area contributed by atoms with Crippen LogP contribution in [0.1, 0.15) is 119 Å². The number of carbonyl (C=O) groups is 2. The van der Waals surface area contributed by atoms with Crippen molar-refractivity contribution in [3.05, 3.63) is 11.1 Å². The van der Waals surface area contributed by atoms with E-state index in [1.54, 1.807) is 0 Å². The second-order valence-corrected chi connectivity index (χ2v) is 10.6. The molecule has 0 radical (unpaired) electrons. The molecule has 174 valence electrons. The van der Waals surface area contributed by atoms with Gasteiger partial charge in [-0.2, -0.15) is 0 Å². The Morgan fingerprint density at radius 3 is 1.40 bits per heavy atom. The number of carbonyl (C=O) groups excluding carboxylic acids is 2. The topological polar surface area (TPSA) is 52.6 Å². The summed E-state index contributed by atoms with van der Waals surface area (Å²) in [6.07, 6.45) is 12.2. The van der Waals surface area contributed by atoms with Crippen molar-refractivity contribution in [1.29, 1.82) is 0 Å². The van der Waals surface area contributed by atoms with Crippen LogP contribution in [-0.2, 0) is 19.1 Å². The van der Waals surface area contributed by atoms with Gasteiger partial charge in [0.2, 0.25) is 0 Å². The highest BCUT2D eigenvalue weighted by molar-refractivity contribution is 6.00. The lowest BCUT2D eigenvalue weighted by atomic mass is 9.87. The first kappa shape index (κ1) is 26.7. The Kier molecular flexibility index (Phi) is 11.7. The summed E-state index contributed by atoms with van der Waals surface area (Å²) in [5.74, 6) is -0.653. The monoisotopic (exact) mass is 422 g/mol. The summed E-state index contributed by atoms with van der Waals surface area (Å²) >= 11 is 0. The third-order valence-electron chi connectivity index (χ3n) is 6.06. The van der Waals surface area contributed by atoms with Gasteiger partial charge in [0.15, 0.2) is 0 Å². The van der Waals surface area contributed by atoms with Crippen LogP contribution >= 0.6 is 0 Å². The minimum absolute atomic E-state index is 0.0385. The lowest BCUT2D eigenvalue weighted by Gasteiger charge is -2.26. The SMILES string of the molecule is CCCCCC(C)(C)COC(=O)C1=C(C(=O)OCC(C)(C)CCCCC)CCCC1. The van der Waals surface area contributed by atoms with Crippen LogP contribution in [0.25, 0.3) is 0 Å². The van der Waals surface area contributed by atoms with Gasteiger partial charge in [0, 0.05) is 11.1 Å². The van der Waals surface area contributed by atoms with Crippen molar-refractivity contribution in [2.45, 2.75) is 119 Å². The molecule has 0 amide bonds. The molecule has 4 heteroatoms. The van der Waals surface area contributed by atoms with Crippen molar-refractivity contribution in [1.82, 2.24) is 0 Å². The largest absolute Gasteiger partial charge is 0.462 e. The molecule has 0 unspecified atom stereocenters. The standard InChI is InChI=1S/C26H46O4/c1-7-9-13-17-25(3,4)19-29-23(27)21-15-11-12-16-22(21)24(28)30-20-26(5,6)18-14-10-8-2/h7-20H2,1-6H3. The number of hydrogen-bond acceptors (Lipinski definition) is 4. The quantitative estimate of drug-likeness (QED) is 0.220. The van der Waals surface area contributed by atoms with Gasteiger partial charge in [-0.15, -0.1) is 0 Å². The van der Waals surface area contributed by atoms with E-state index in [4.69, 9.17) is 9.47 Å². The summed E-state index contributed by atoms with van der Waals surface area (Å²) in [7, 11) is 0. The molecule has 0 saturated carbocycles. The zero-order valence-corrected chi connectivity index (χ0v) is 20.5. The molecule has 0 heterocycles. The Labute approximate surface area is 185 Å². The third kappa shape index (κ3) is 10.1. The van der Waals surface area contributed by atoms with E-state index >= 15 is 0 Å². The maximum Gasteiger partial charge on any atom is 0.334 e. The van der Waals surface area contributed by atoms with Crippen LogP contribution in [0.4, 0.5) is 0 Å². The van der Waals surface area contributed by atoms with E-state index in [2.05, 4.69) is 41.5 Å². The van der Waals surface area contributed by atoms with Crippen LogP contribution in [-0.4, -0.2) is 25.2 Å². The molecular formula is C26H46O4. The van der Waals surface area contributed by atoms with Crippen LogP contribution in [0.3, 0.4) is 0 Å². The zero-order chi connectivity index (χ0) is 22.6. The first-order chi connectivity index (χ1) is 14.1. The Morgan fingerprint density at radius 1 is 0.700 bits per heavy atom. The van der Waals surface area contributed by atoms with Crippen molar-refractivity contribution in [2.75, 3.05) is 13.2 Å². The van der Waals surface area contributed by atoms with Gasteiger partial charge in [-0.3, -0.25) is 0 Å². The number of hydrogen-bond donors (Lipinski definition) is 0. The Hall–Kier alpha value is -1.32. The van der Waals surface area contributed by atoms with Crippen molar-refractivity contribution in [3.63, 3.8) is 0 Å². The predicted octanol–water partition coefficient (Wildman–Crippen LogP) is 7.16. The zero-order valence-electron chi connectivity index (χ0n) is 20.5. The molecule has 4 nitrogen and oxygen atoms in total. The smallest absolute Gasteiger partial charge is 0.334 e. The molecule has 0 fully saturated rings. The average Bonchev–Trinajstić information content (AvgIpc) is 2.70. The van der Waals surface area contributed by atoms with Gasteiger partial charge in [-0.1, -0.05) is 80.1 Å². The molecule has 30 heavy (non-hydrogen) atoms. The fraction of sp³-hybridized carbons (Fsp3) is 0.846. The van der Waals surface area contributed by atoms with Crippen molar-refractivity contribution in [2.24, 2.45) is 10.8 Å². The molecule has 0 aromatic heterocycles. The summed E-state index contributed by atoms with van der Waals surface area (Å²) in [6.45, 7) is 13.7. The lowest BCUT2D eigenvalue weighted by Crippen LogP contribution is -2.27. The van der Waals surface area contributed by atoms with E-state index in [-0.39, 0.29) is 22.8 Å². The normalized spacial score (nSPS) is 15.3. The molecule has 1 aliphatic carbocycles. The molecular weight excluding hydrogens is 376 g/mol. The van der Waals surface area contributed by atoms with Gasteiger partial charge in [0.05, 0.1) is 13.2 Å². The molecule has 0 aliphatic heterocycles. The van der Waals surface area contributed by atoms with E-state index in [0.29, 0.717) is 37.2 Å². The second-order valence-electron chi connectivity index (χ2n) is 10.6. The summed E-state index contributed by atoms with van der Waals surface area (Å²) in [6, 6.07) is 0. The first-order valence-electron chi connectivity index (χ1n) is 12.2. The predicted molar refractivity (Wildman–Crippen MR) is 123 cm³/mol. The average molecular weight is 423 g/mol. The summed E-state index contributed by atoms with van der Waals surface area (Å²) in [4.78, 5) is 25.6. The van der Waals surface area contributed by atoms with E-state index in [1.807, 2.05) is 0 Å². The van der Waals surface area contributed by atoms with E-state index in [1.165, 1.54) is 25.7 Å². The fourth-order valence-electron chi connectivity index (χ4n) is 3.90. The van der Waals surface area contributed by atoms with Crippen LogP contribution in [0, 0.1) is 10.8 Å². The Bertz CT molecular complexity index is 522. The highest BCUT2D eigenvalue weighted by Gasteiger charge is 2.29. The molecule has 0 aromatic carbocycles. The highest BCUT2D eigenvalue weighted by atomic mass is 16.5. The van der Waals surface area contributed by atoms with E-state index in [0.717, 1.165) is 38.5 Å². The Balaban J connectivity index is 2.67. The van der Waals surface area contributed by atoms with Gasteiger partial charge >= 0.3 is 11.9 Å². The number of ether oxygens (including phenoxy) is 2. The second kappa shape index (κ2) is 13.2. The van der Waals surface area contributed by atoms with Crippen LogP contribution in [0.2, 0.25) is 0 Å². The minimum atomic E-state index is -0.326. The van der Waals surface area contributed by atoms with Crippen LogP contribution < -0.4 is 0 Å². The molecule has 0 aromatic rings. The number of rotatable bonds is 14.